The fraction of sp³-hybridized carbons (Fsp3) is 0.300. The van der Waals surface area contributed by atoms with Gasteiger partial charge in [0.1, 0.15) is 5.69 Å². The number of aromatic nitrogens is 2. The quantitative estimate of drug-likeness (QED) is 0.659. The highest BCUT2D eigenvalue weighted by Crippen LogP contribution is 2.30. The molecule has 0 aliphatic carbocycles. The molecule has 0 unspecified atom stereocenters. The zero-order valence-electron chi connectivity index (χ0n) is 14.0. The minimum Gasteiger partial charge on any atom is -0.356 e. The molecule has 0 amide bonds. The zero-order valence-corrected chi connectivity index (χ0v) is 14.0. The standard InChI is InChI=1S/C20H22N2O/c1-4-14-11-17(12-15(5-2)18(14)6-3)20-13-19(22-23-20)16-7-9-21-10-8-16/h7-13H,4-6H2,1-3H3. The highest BCUT2D eigenvalue weighted by Gasteiger charge is 2.13. The van der Waals surface area contributed by atoms with Crippen molar-refractivity contribution in [3.8, 4) is 22.6 Å². The van der Waals surface area contributed by atoms with E-state index >= 15 is 0 Å². The first-order valence-corrected chi connectivity index (χ1v) is 8.28. The van der Waals surface area contributed by atoms with Crippen molar-refractivity contribution >= 4 is 0 Å². The third kappa shape index (κ3) is 3.04. The zero-order chi connectivity index (χ0) is 16.2. The molecule has 23 heavy (non-hydrogen) atoms. The van der Waals surface area contributed by atoms with Gasteiger partial charge in [-0.15, -0.1) is 0 Å². The summed E-state index contributed by atoms with van der Waals surface area (Å²) in [4.78, 5) is 4.04. The number of pyridine rings is 1. The van der Waals surface area contributed by atoms with Gasteiger partial charge in [0.15, 0.2) is 5.76 Å². The minimum absolute atomic E-state index is 0.823. The van der Waals surface area contributed by atoms with Crippen molar-refractivity contribution in [2.45, 2.75) is 40.0 Å². The Morgan fingerprint density at radius 1 is 0.826 bits per heavy atom. The van der Waals surface area contributed by atoms with Crippen LogP contribution in [0.4, 0.5) is 0 Å². The van der Waals surface area contributed by atoms with Crippen LogP contribution in [0.3, 0.4) is 0 Å². The van der Waals surface area contributed by atoms with Gasteiger partial charge in [-0.1, -0.05) is 25.9 Å². The Hall–Kier alpha value is -2.42. The van der Waals surface area contributed by atoms with Crippen LogP contribution in [-0.4, -0.2) is 10.1 Å². The molecule has 0 saturated carbocycles. The fourth-order valence-electron chi connectivity index (χ4n) is 3.09. The molecule has 0 N–H and O–H groups in total. The van der Waals surface area contributed by atoms with Crippen molar-refractivity contribution < 1.29 is 4.52 Å². The van der Waals surface area contributed by atoms with Crippen molar-refractivity contribution in [1.29, 1.82) is 0 Å². The summed E-state index contributed by atoms with van der Waals surface area (Å²) in [5.74, 6) is 0.823. The van der Waals surface area contributed by atoms with E-state index in [1.165, 1.54) is 16.7 Å². The summed E-state index contributed by atoms with van der Waals surface area (Å²) in [6.07, 6.45) is 6.68. The van der Waals surface area contributed by atoms with Crippen LogP contribution in [0.1, 0.15) is 37.5 Å². The van der Waals surface area contributed by atoms with Crippen molar-refractivity contribution in [3.63, 3.8) is 0 Å². The normalized spacial score (nSPS) is 10.9. The highest BCUT2D eigenvalue weighted by atomic mass is 16.5. The molecule has 1 aromatic carbocycles. The summed E-state index contributed by atoms with van der Waals surface area (Å²) in [6, 6.07) is 10.4. The van der Waals surface area contributed by atoms with Crippen LogP contribution < -0.4 is 0 Å². The lowest BCUT2D eigenvalue weighted by Gasteiger charge is -2.13. The first-order chi connectivity index (χ1) is 11.3. The molecule has 2 aromatic heterocycles. The topological polar surface area (TPSA) is 38.9 Å². The van der Waals surface area contributed by atoms with Gasteiger partial charge in [-0.3, -0.25) is 4.98 Å². The second-order valence-corrected chi connectivity index (χ2v) is 5.65. The number of benzene rings is 1. The minimum atomic E-state index is 0.823. The molecule has 0 aliphatic heterocycles. The molecular weight excluding hydrogens is 284 g/mol. The van der Waals surface area contributed by atoms with E-state index in [0.717, 1.165) is 41.8 Å². The highest BCUT2D eigenvalue weighted by molar-refractivity contribution is 5.68. The Morgan fingerprint density at radius 3 is 2.04 bits per heavy atom. The van der Waals surface area contributed by atoms with E-state index in [4.69, 9.17) is 4.52 Å². The van der Waals surface area contributed by atoms with Gasteiger partial charge < -0.3 is 4.52 Å². The first kappa shape index (κ1) is 15.5. The van der Waals surface area contributed by atoms with Crippen LogP contribution >= 0.6 is 0 Å². The molecule has 2 heterocycles. The molecule has 0 bridgehead atoms. The average molecular weight is 306 g/mol. The molecule has 0 radical (unpaired) electrons. The predicted octanol–water partition coefficient (Wildman–Crippen LogP) is 5.09. The molecule has 3 heteroatoms. The lowest BCUT2D eigenvalue weighted by Crippen LogP contribution is -1.98. The van der Waals surface area contributed by atoms with E-state index in [2.05, 4.69) is 43.0 Å². The van der Waals surface area contributed by atoms with Crippen LogP contribution in [0.15, 0.2) is 47.2 Å². The van der Waals surface area contributed by atoms with E-state index in [9.17, 15) is 0 Å². The van der Waals surface area contributed by atoms with Crippen molar-refractivity contribution in [2.24, 2.45) is 0 Å². The lowest BCUT2D eigenvalue weighted by atomic mass is 9.92. The summed E-state index contributed by atoms with van der Waals surface area (Å²) >= 11 is 0. The Bertz CT molecular complexity index is 765. The first-order valence-electron chi connectivity index (χ1n) is 8.28. The van der Waals surface area contributed by atoms with Crippen LogP contribution in [0, 0.1) is 0 Å². The van der Waals surface area contributed by atoms with Gasteiger partial charge in [-0.25, -0.2) is 0 Å². The third-order valence-electron chi connectivity index (χ3n) is 4.32. The summed E-state index contributed by atoms with van der Waals surface area (Å²) in [6.45, 7) is 6.64. The Kier molecular flexibility index (Phi) is 4.56. The lowest BCUT2D eigenvalue weighted by molar-refractivity contribution is 0.435. The smallest absolute Gasteiger partial charge is 0.167 e. The summed E-state index contributed by atoms with van der Waals surface area (Å²) < 4.78 is 5.61. The molecule has 3 nitrogen and oxygen atoms in total. The predicted molar refractivity (Wildman–Crippen MR) is 93.3 cm³/mol. The fourth-order valence-corrected chi connectivity index (χ4v) is 3.09. The SMILES string of the molecule is CCc1cc(-c2cc(-c3ccncc3)no2)cc(CC)c1CC. The van der Waals surface area contributed by atoms with Gasteiger partial charge in [-0.2, -0.15) is 0 Å². The summed E-state index contributed by atoms with van der Waals surface area (Å²) in [7, 11) is 0. The van der Waals surface area contributed by atoms with Crippen molar-refractivity contribution in [2.75, 3.05) is 0 Å². The van der Waals surface area contributed by atoms with Gasteiger partial charge in [0.05, 0.1) is 0 Å². The van der Waals surface area contributed by atoms with Crippen LogP contribution in [0.5, 0.6) is 0 Å². The maximum absolute atomic E-state index is 5.61. The molecule has 0 fully saturated rings. The Balaban J connectivity index is 2.04. The average Bonchev–Trinajstić information content (AvgIpc) is 3.11. The molecular formula is C20H22N2O. The van der Waals surface area contributed by atoms with Crippen molar-refractivity contribution in [3.05, 3.63) is 59.4 Å². The van der Waals surface area contributed by atoms with Crippen LogP contribution in [0.2, 0.25) is 0 Å². The number of hydrogen-bond acceptors (Lipinski definition) is 3. The Morgan fingerprint density at radius 2 is 1.48 bits per heavy atom. The number of rotatable bonds is 5. The van der Waals surface area contributed by atoms with Gasteiger partial charge >= 0.3 is 0 Å². The molecule has 0 saturated heterocycles. The van der Waals surface area contributed by atoms with Gasteiger partial charge in [0.2, 0.25) is 0 Å². The number of hydrogen-bond donors (Lipinski definition) is 0. The van der Waals surface area contributed by atoms with Gasteiger partial charge in [0, 0.05) is 29.6 Å². The van der Waals surface area contributed by atoms with E-state index in [-0.39, 0.29) is 0 Å². The van der Waals surface area contributed by atoms with E-state index in [1.54, 1.807) is 12.4 Å². The third-order valence-corrected chi connectivity index (χ3v) is 4.32. The molecule has 0 spiro atoms. The molecule has 3 rings (SSSR count). The van der Waals surface area contributed by atoms with Gasteiger partial charge in [-0.05, 0) is 60.2 Å². The number of nitrogens with zero attached hydrogens (tertiary/aromatic N) is 2. The second-order valence-electron chi connectivity index (χ2n) is 5.65. The molecule has 0 atom stereocenters. The molecule has 0 aliphatic rings. The maximum Gasteiger partial charge on any atom is 0.167 e. The molecule has 3 aromatic rings. The van der Waals surface area contributed by atoms with Crippen LogP contribution in [0.25, 0.3) is 22.6 Å². The van der Waals surface area contributed by atoms with E-state index < -0.39 is 0 Å². The van der Waals surface area contributed by atoms with Gasteiger partial charge in [0.25, 0.3) is 0 Å². The largest absolute Gasteiger partial charge is 0.356 e. The monoisotopic (exact) mass is 306 g/mol. The van der Waals surface area contributed by atoms with Crippen molar-refractivity contribution in [1.82, 2.24) is 10.1 Å². The Labute approximate surface area is 137 Å². The number of aryl methyl sites for hydroxylation is 2. The van der Waals surface area contributed by atoms with E-state index in [1.807, 2.05) is 18.2 Å². The van der Waals surface area contributed by atoms with Crippen LogP contribution in [-0.2, 0) is 19.3 Å². The summed E-state index contributed by atoms with van der Waals surface area (Å²) in [5, 5.41) is 4.21. The molecule has 118 valence electrons. The van der Waals surface area contributed by atoms with E-state index in [0.29, 0.717) is 0 Å². The maximum atomic E-state index is 5.61. The summed E-state index contributed by atoms with van der Waals surface area (Å²) in [5.41, 5.74) is 7.27. The second kappa shape index (κ2) is 6.78.